The Morgan fingerprint density at radius 3 is 2.62 bits per heavy atom. The van der Waals surface area contributed by atoms with Crippen LogP contribution in [0.2, 0.25) is 0 Å². The van der Waals surface area contributed by atoms with Crippen molar-refractivity contribution in [3.05, 3.63) is 42.0 Å². The van der Waals surface area contributed by atoms with Crippen LogP contribution in [0.25, 0.3) is 0 Å². The van der Waals surface area contributed by atoms with Gasteiger partial charge in [-0.15, -0.1) is 0 Å². The summed E-state index contributed by atoms with van der Waals surface area (Å²) in [4.78, 5) is 12.9. The van der Waals surface area contributed by atoms with E-state index < -0.39 is 5.82 Å². The zero-order valence-electron chi connectivity index (χ0n) is 14.0. The molecule has 3 heterocycles. The molecule has 128 valence electrons. The van der Waals surface area contributed by atoms with E-state index in [1.54, 1.807) is 6.07 Å². The summed E-state index contributed by atoms with van der Waals surface area (Å²) in [6.45, 7) is 4.46. The Bertz CT molecular complexity index is 671. The van der Waals surface area contributed by atoms with Crippen LogP contribution in [-0.4, -0.2) is 55.2 Å². The van der Waals surface area contributed by atoms with Crippen LogP contribution in [-0.2, 0) is 6.54 Å². The average Bonchev–Trinajstić information content (AvgIpc) is 2.62. The molecular formula is C17H22FN5O. The molecule has 1 N–H and O–H groups in total. The van der Waals surface area contributed by atoms with Crippen molar-refractivity contribution < 1.29 is 9.13 Å². The third-order valence-corrected chi connectivity index (χ3v) is 4.21. The second-order valence-corrected chi connectivity index (χ2v) is 5.84. The van der Waals surface area contributed by atoms with Crippen LogP contribution in [0.1, 0.15) is 5.56 Å². The molecule has 0 aromatic carbocycles. The molecule has 1 saturated heterocycles. The Kier molecular flexibility index (Phi) is 5.10. The Morgan fingerprint density at radius 2 is 1.96 bits per heavy atom. The standard InChI is InChI=1S/C17H22FN5O/c1-22-7-9-23(10-8-22)14-3-4-15(21-12-14)20-11-13-5-6-19-17(24-2)16(13)18/h3-6,12H,7-11H2,1-2H3,(H,20,21). The maximum atomic E-state index is 14.1. The number of hydrogen-bond acceptors (Lipinski definition) is 6. The molecule has 6 nitrogen and oxygen atoms in total. The van der Waals surface area contributed by atoms with Crippen LogP contribution >= 0.6 is 0 Å². The normalized spacial score (nSPS) is 15.4. The van der Waals surface area contributed by atoms with E-state index >= 15 is 0 Å². The van der Waals surface area contributed by atoms with Crippen LogP contribution in [0.5, 0.6) is 5.88 Å². The molecule has 0 spiro atoms. The van der Waals surface area contributed by atoms with Gasteiger partial charge < -0.3 is 19.9 Å². The first-order valence-corrected chi connectivity index (χ1v) is 7.98. The zero-order valence-corrected chi connectivity index (χ0v) is 14.0. The van der Waals surface area contributed by atoms with E-state index in [1.165, 1.54) is 13.3 Å². The molecule has 3 rings (SSSR count). The van der Waals surface area contributed by atoms with Gasteiger partial charge in [-0.25, -0.2) is 14.4 Å². The zero-order chi connectivity index (χ0) is 16.9. The minimum atomic E-state index is -0.443. The highest BCUT2D eigenvalue weighted by atomic mass is 19.1. The molecule has 0 bridgehead atoms. The summed E-state index contributed by atoms with van der Waals surface area (Å²) in [5.41, 5.74) is 1.61. The predicted octanol–water partition coefficient (Wildman–Crippen LogP) is 1.99. The molecule has 0 amide bonds. The fraction of sp³-hybridized carbons (Fsp3) is 0.412. The van der Waals surface area contributed by atoms with Crippen molar-refractivity contribution in [2.24, 2.45) is 0 Å². The van der Waals surface area contributed by atoms with Crippen LogP contribution < -0.4 is 15.0 Å². The average molecular weight is 331 g/mol. The van der Waals surface area contributed by atoms with Gasteiger partial charge in [0.1, 0.15) is 5.82 Å². The molecule has 24 heavy (non-hydrogen) atoms. The lowest BCUT2D eigenvalue weighted by Crippen LogP contribution is -2.44. The van der Waals surface area contributed by atoms with Gasteiger partial charge in [0.15, 0.2) is 5.82 Å². The summed E-state index contributed by atoms with van der Waals surface area (Å²) in [7, 11) is 3.54. The second-order valence-electron chi connectivity index (χ2n) is 5.84. The number of nitrogens with one attached hydrogen (secondary N) is 1. The topological polar surface area (TPSA) is 53.5 Å². The van der Waals surface area contributed by atoms with Crippen molar-refractivity contribution in [2.45, 2.75) is 6.54 Å². The van der Waals surface area contributed by atoms with E-state index in [2.05, 4.69) is 32.1 Å². The van der Waals surface area contributed by atoms with Crippen molar-refractivity contribution in [3.8, 4) is 5.88 Å². The van der Waals surface area contributed by atoms with Gasteiger partial charge in [0.25, 0.3) is 0 Å². The number of rotatable bonds is 5. The van der Waals surface area contributed by atoms with Gasteiger partial charge in [0, 0.05) is 44.5 Å². The van der Waals surface area contributed by atoms with E-state index in [0.29, 0.717) is 17.9 Å². The molecule has 1 aliphatic heterocycles. The first-order chi connectivity index (χ1) is 11.7. The lowest BCUT2D eigenvalue weighted by Gasteiger charge is -2.33. The number of methoxy groups -OCH3 is 1. The molecule has 1 aliphatic rings. The van der Waals surface area contributed by atoms with E-state index in [1.807, 2.05) is 18.3 Å². The number of anilines is 2. The molecule has 0 unspecified atom stereocenters. The number of ether oxygens (including phenoxy) is 1. The SMILES string of the molecule is COc1nccc(CNc2ccc(N3CCN(C)CC3)cn2)c1F. The van der Waals surface area contributed by atoms with Crippen molar-refractivity contribution in [3.63, 3.8) is 0 Å². The van der Waals surface area contributed by atoms with Crippen LogP contribution in [0.15, 0.2) is 30.6 Å². The summed E-state index contributed by atoms with van der Waals surface area (Å²) in [6, 6.07) is 5.59. The summed E-state index contributed by atoms with van der Waals surface area (Å²) in [6.07, 6.45) is 3.39. The van der Waals surface area contributed by atoms with Crippen molar-refractivity contribution in [1.29, 1.82) is 0 Å². The molecule has 1 fully saturated rings. The minimum Gasteiger partial charge on any atom is -0.479 e. The molecule has 0 saturated carbocycles. The van der Waals surface area contributed by atoms with Crippen LogP contribution in [0.3, 0.4) is 0 Å². The first kappa shape index (κ1) is 16.4. The Morgan fingerprint density at radius 1 is 1.17 bits per heavy atom. The molecular weight excluding hydrogens is 309 g/mol. The van der Waals surface area contributed by atoms with Gasteiger partial charge in [0.2, 0.25) is 5.88 Å². The Balaban J connectivity index is 1.60. The number of halogens is 1. The fourth-order valence-electron chi connectivity index (χ4n) is 2.67. The molecule has 0 radical (unpaired) electrons. The summed E-state index contributed by atoms with van der Waals surface area (Å²) in [5.74, 6) is 0.275. The summed E-state index contributed by atoms with van der Waals surface area (Å²) >= 11 is 0. The molecule has 2 aromatic rings. The number of aromatic nitrogens is 2. The van der Waals surface area contributed by atoms with Gasteiger partial charge in [-0.2, -0.15) is 0 Å². The maximum absolute atomic E-state index is 14.1. The second kappa shape index (κ2) is 7.44. The predicted molar refractivity (Wildman–Crippen MR) is 92.0 cm³/mol. The van der Waals surface area contributed by atoms with Gasteiger partial charge >= 0.3 is 0 Å². The van der Waals surface area contributed by atoms with Gasteiger partial charge in [-0.1, -0.05) is 0 Å². The first-order valence-electron chi connectivity index (χ1n) is 7.98. The Labute approximate surface area is 141 Å². The van der Waals surface area contributed by atoms with Crippen LogP contribution in [0.4, 0.5) is 15.9 Å². The highest BCUT2D eigenvalue weighted by Gasteiger charge is 2.14. The fourth-order valence-corrected chi connectivity index (χ4v) is 2.67. The lowest BCUT2D eigenvalue weighted by atomic mass is 10.2. The summed E-state index contributed by atoms with van der Waals surface area (Å²) < 4.78 is 18.9. The number of nitrogens with zero attached hydrogens (tertiary/aromatic N) is 4. The summed E-state index contributed by atoms with van der Waals surface area (Å²) in [5, 5.41) is 3.13. The van der Waals surface area contributed by atoms with E-state index in [9.17, 15) is 4.39 Å². The van der Waals surface area contributed by atoms with E-state index in [4.69, 9.17) is 4.74 Å². The quantitative estimate of drug-likeness (QED) is 0.904. The van der Waals surface area contributed by atoms with E-state index in [-0.39, 0.29) is 5.88 Å². The highest BCUT2D eigenvalue weighted by molar-refractivity contribution is 5.50. The number of hydrogen-bond donors (Lipinski definition) is 1. The van der Waals surface area contributed by atoms with Crippen molar-refractivity contribution in [1.82, 2.24) is 14.9 Å². The van der Waals surface area contributed by atoms with Crippen LogP contribution in [0, 0.1) is 5.82 Å². The van der Waals surface area contributed by atoms with Gasteiger partial charge in [-0.05, 0) is 25.2 Å². The van der Waals surface area contributed by atoms with Gasteiger partial charge in [-0.3, -0.25) is 0 Å². The number of likely N-dealkylation sites (N-methyl/N-ethyl adjacent to an activating group) is 1. The van der Waals surface area contributed by atoms with E-state index in [0.717, 1.165) is 31.9 Å². The molecule has 0 atom stereocenters. The van der Waals surface area contributed by atoms with Crippen molar-refractivity contribution >= 4 is 11.5 Å². The molecule has 7 heteroatoms. The Hall–Kier alpha value is -2.41. The number of pyridine rings is 2. The largest absolute Gasteiger partial charge is 0.479 e. The number of piperazine rings is 1. The van der Waals surface area contributed by atoms with Crippen molar-refractivity contribution in [2.75, 3.05) is 50.6 Å². The monoisotopic (exact) mass is 331 g/mol. The highest BCUT2D eigenvalue weighted by Crippen LogP contribution is 2.19. The third kappa shape index (κ3) is 3.73. The molecule has 0 aliphatic carbocycles. The van der Waals surface area contributed by atoms with Gasteiger partial charge in [0.05, 0.1) is 19.0 Å². The lowest BCUT2D eigenvalue weighted by molar-refractivity contribution is 0.313. The minimum absolute atomic E-state index is 0.00711. The molecule has 2 aromatic heterocycles. The smallest absolute Gasteiger partial charge is 0.250 e. The maximum Gasteiger partial charge on any atom is 0.250 e. The third-order valence-electron chi connectivity index (χ3n) is 4.21.